The van der Waals surface area contributed by atoms with Crippen molar-refractivity contribution in [2.75, 3.05) is 25.0 Å². The number of morpholine rings is 1. The van der Waals surface area contributed by atoms with Gasteiger partial charge in [0.05, 0.1) is 12.2 Å². The van der Waals surface area contributed by atoms with Crippen LogP contribution in [0.25, 0.3) is 0 Å². The van der Waals surface area contributed by atoms with Crippen molar-refractivity contribution in [2.24, 2.45) is 5.92 Å². The highest BCUT2D eigenvalue weighted by Gasteiger charge is 2.29. The second-order valence-corrected chi connectivity index (χ2v) is 7.35. The lowest BCUT2D eigenvalue weighted by Gasteiger charge is -2.35. The molecule has 0 spiro atoms. The fourth-order valence-electron chi connectivity index (χ4n) is 3.02. The lowest BCUT2D eigenvalue weighted by molar-refractivity contribution is -0.158. The molecule has 0 saturated carbocycles. The number of para-hydroxylation sites is 1. The van der Waals surface area contributed by atoms with Crippen molar-refractivity contribution in [2.45, 2.75) is 45.9 Å². The largest absolute Gasteiger partial charge is 0.454 e. The number of anilines is 1. The van der Waals surface area contributed by atoms with E-state index in [-0.39, 0.29) is 30.6 Å². The molecule has 2 N–H and O–H groups in total. The summed E-state index contributed by atoms with van der Waals surface area (Å²) in [5.74, 6) is -1.11. The van der Waals surface area contributed by atoms with E-state index >= 15 is 0 Å². The Labute approximate surface area is 165 Å². The minimum Gasteiger partial charge on any atom is -0.454 e. The van der Waals surface area contributed by atoms with Gasteiger partial charge in [-0.1, -0.05) is 32.0 Å². The monoisotopic (exact) mass is 391 g/mol. The normalized spacial score (nSPS) is 20.4. The van der Waals surface area contributed by atoms with Crippen LogP contribution in [0.15, 0.2) is 30.3 Å². The third-order valence-corrected chi connectivity index (χ3v) is 4.35. The number of hydrogen-bond acceptors (Lipinski definition) is 5. The number of rotatable bonds is 6. The Kier molecular flexibility index (Phi) is 7.80. The highest BCUT2D eigenvalue weighted by atomic mass is 16.5. The molecule has 1 saturated heterocycles. The molecule has 8 nitrogen and oxygen atoms in total. The molecular formula is C20H29N3O5. The van der Waals surface area contributed by atoms with Crippen LogP contribution < -0.4 is 10.6 Å². The first-order chi connectivity index (χ1) is 13.3. The van der Waals surface area contributed by atoms with Crippen molar-refractivity contribution in [3.63, 3.8) is 0 Å². The van der Waals surface area contributed by atoms with Gasteiger partial charge in [0.15, 0.2) is 6.61 Å². The Bertz CT molecular complexity index is 670. The van der Waals surface area contributed by atoms with Gasteiger partial charge >= 0.3 is 12.0 Å². The second-order valence-electron chi connectivity index (χ2n) is 7.35. The van der Waals surface area contributed by atoms with E-state index in [0.29, 0.717) is 18.8 Å². The Morgan fingerprint density at radius 3 is 2.32 bits per heavy atom. The zero-order valence-electron chi connectivity index (χ0n) is 16.8. The van der Waals surface area contributed by atoms with Gasteiger partial charge < -0.3 is 25.0 Å². The lowest BCUT2D eigenvalue weighted by Crippen LogP contribution is -2.50. The van der Waals surface area contributed by atoms with E-state index in [2.05, 4.69) is 10.6 Å². The minimum atomic E-state index is -0.862. The molecule has 2 rings (SSSR count). The minimum absolute atomic E-state index is 0.0600. The Morgan fingerprint density at radius 2 is 1.75 bits per heavy atom. The van der Waals surface area contributed by atoms with E-state index in [1.807, 2.05) is 19.9 Å². The van der Waals surface area contributed by atoms with Crippen LogP contribution in [0.1, 0.15) is 27.7 Å². The molecule has 0 aliphatic carbocycles. The lowest BCUT2D eigenvalue weighted by atomic mass is 10.1. The van der Waals surface area contributed by atoms with Crippen LogP contribution >= 0.6 is 0 Å². The van der Waals surface area contributed by atoms with E-state index in [0.717, 1.165) is 0 Å². The number of nitrogens with zero attached hydrogens (tertiary/aromatic N) is 1. The molecule has 0 unspecified atom stereocenters. The highest BCUT2D eigenvalue weighted by Crippen LogP contribution is 2.12. The van der Waals surface area contributed by atoms with Crippen LogP contribution in [-0.4, -0.2) is 60.8 Å². The summed E-state index contributed by atoms with van der Waals surface area (Å²) < 4.78 is 10.8. The molecule has 1 aliphatic heterocycles. The van der Waals surface area contributed by atoms with Gasteiger partial charge in [0.2, 0.25) is 0 Å². The molecule has 8 heteroatoms. The SMILES string of the molecule is CC(C)[C@@H](NC(=O)Nc1ccccc1)C(=O)OCC(=O)N1C[C@H](C)O[C@@H](C)C1. The topological polar surface area (TPSA) is 97.0 Å². The molecule has 3 atom stereocenters. The summed E-state index contributed by atoms with van der Waals surface area (Å²) in [5, 5.41) is 5.27. The van der Waals surface area contributed by atoms with E-state index in [1.54, 1.807) is 43.0 Å². The first-order valence-corrected chi connectivity index (χ1v) is 9.48. The average Bonchev–Trinajstić information content (AvgIpc) is 2.63. The molecule has 1 heterocycles. The van der Waals surface area contributed by atoms with Gasteiger partial charge in [0.25, 0.3) is 5.91 Å². The fourth-order valence-corrected chi connectivity index (χ4v) is 3.02. The first kappa shape index (κ1) is 21.7. The molecule has 1 aliphatic rings. The molecule has 3 amide bonds. The number of ether oxygens (including phenoxy) is 2. The summed E-state index contributed by atoms with van der Waals surface area (Å²) in [4.78, 5) is 38.6. The zero-order chi connectivity index (χ0) is 20.7. The zero-order valence-corrected chi connectivity index (χ0v) is 16.8. The van der Waals surface area contributed by atoms with Gasteiger partial charge in [0.1, 0.15) is 6.04 Å². The molecule has 1 aromatic carbocycles. The molecule has 28 heavy (non-hydrogen) atoms. The van der Waals surface area contributed by atoms with E-state index in [4.69, 9.17) is 9.47 Å². The Hall–Kier alpha value is -2.61. The average molecular weight is 391 g/mol. The summed E-state index contributed by atoms with van der Waals surface area (Å²) >= 11 is 0. The summed E-state index contributed by atoms with van der Waals surface area (Å²) in [5.41, 5.74) is 0.613. The molecule has 0 aromatic heterocycles. The van der Waals surface area contributed by atoms with Crippen LogP contribution in [0.3, 0.4) is 0 Å². The van der Waals surface area contributed by atoms with E-state index in [1.165, 1.54) is 0 Å². The van der Waals surface area contributed by atoms with Gasteiger partial charge in [0, 0.05) is 18.8 Å². The predicted octanol–water partition coefficient (Wildman–Crippen LogP) is 2.01. The van der Waals surface area contributed by atoms with Crippen molar-refractivity contribution in [3.05, 3.63) is 30.3 Å². The number of hydrogen-bond donors (Lipinski definition) is 2. The standard InChI is InChI=1S/C20H29N3O5/c1-13(2)18(22-20(26)21-16-8-6-5-7-9-16)19(25)27-12-17(24)23-10-14(3)28-15(4)11-23/h5-9,13-15,18H,10-12H2,1-4H3,(H2,21,22,26)/t14-,15-,18+/m0/s1. The number of carbonyl (C=O) groups excluding carboxylic acids is 3. The van der Waals surface area contributed by atoms with Gasteiger partial charge in [-0.25, -0.2) is 9.59 Å². The summed E-state index contributed by atoms with van der Waals surface area (Å²) in [6.45, 7) is 7.95. The number of urea groups is 1. The fraction of sp³-hybridized carbons (Fsp3) is 0.550. The Morgan fingerprint density at radius 1 is 1.14 bits per heavy atom. The quantitative estimate of drug-likeness (QED) is 0.723. The van der Waals surface area contributed by atoms with Gasteiger partial charge in [-0.05, 0) is 31.9 Å². The summed E-state index contributed by atoms with van der Waals surface area (Å²) in [7, 11) is 0. The maximum absolute atomic E-state index is 12.4. The maximum atomic E-state index is 12.4. The van der Waals surface area contributed by atoms with E-state index in [9.17, 15) is 14.4 Å². The van der Waals surface area contributed by atoms with Crippen molar-refractivity contribution < 1.29 is 23.9 Å². The van der Waals surface area contributed by atoms with Crippen molar-refractivity contribution in [1.82, 2.24) is 10.2 Å². The maximum Gasteiger partial charge on any atom is 0.329 e. The predicted molar refractivity (Wildman–Crippen MR) is 105 cm³/mol. The molecule has 0 radical (unpaired) electrons. The van der Waals surface area contributed by atoms with Gasteiger partial charge in [-0.3, -0.25) is 4.79 Å². The smallest absolute Gasteiger partial charge is 0.329 e. The van der Waals surface area contributed by atoms with Crippen molar-refractivity contribution in [1.29, 1.82) is 0 Å². The molecule has 154 valence electrons. The number of amides is 3. The number of carbonyl (C=O) groups is 3. The third kappa shape index (κ3) is 6.53. The summed E-state index contributed by atoms with van der Waals surface area (Å²) in [6.07, 6.45) is -0.120. The van der Waals surface area contributed by atoms with Crippen molar-refractivity contribution >= 4 is 23.6 Å². The van der Waals surface area contributed by atoms with Gasteiger partial charge in [-0.15, -0.1) is 0 Å². The van der Waals surface area contributed by atoms with Crippen LogP contribution in [0.4, 0.5) is 10.5 Å². The van der Waals surface area contributed by atoms with Crippen LogP contribution in [0.5, 0.6) is 0 Å². The second kappa shape index (κ2) is 10.1. The Balaban J connectivity index is 1.86. The number of nitrogens with one attached hydrogen (secondary N) is 2. The van der Waals surface area contributed by atoms with Crippen LogP contribution in [-0.2, 0) is 19.1 Å². The van der Waals surface area contributed by atoms with Gasteiger partial charge in [-0.2, -0.15) is 0 Å². The highest BCUT2D eigenvalue weighted by molar-refractivity contribution is 5.93. The van der Waals surface area contributed by atoms with Crippen molar-refractivity contribution in [3.8, 4) is 0 Å². The number of benzene rings is 1. The molecule has 1 fully saturated rings. The molecule has 0 bridgehead atoms. The third-order valence-electron chi connectivity index (χ3n) is 4.35. The first-order valence-electron chi connectivity index (χ1n) is 9.48. The summed E-state index contributed by atoms with van der Waals surface area (Å²) in [6, 6.07) is 7.54. The molecular weight excluding hydrogens is 362 g/mol. The van der Waals surface area contributed by atoms with Crippen LogP contribution in [0.2, 0.25) is 0 Å². The van der Waals surface area contributed by atoms with E-state index < -0.39 is 18.0 Å². The number of esters is 1. The van der Waals surface area contributed by atoms with Crippen LogP contribution in [0, 0.1) is 5.92 Å². The molecule has 1 aromatic rings.